The van der Waals surface area contributed by atoms with E-state index in [0.29, 0.717) is 12.0 Å². The second kappa shape index (κ2) is 7.78. The summed E-state index contributed by atoms with van der Waals surface area (Å²) in [6, 6.07) is 8.67. The highest BCUT2D eigenvalue weighted by Gasteiger charge is 2.26. The van der Waals surface area contributed by atoms with Crippen LogP contribution in [0.5, 0.6) is 5.75 Å². The first-order valence-corrected chi connectivity index (χ1v) is 7.92. The molecule has 0 amide bonds. The summed E-state index contributed by atoms with van der Waals surface area (Å²) in [5, 5.41) is 13.2. The van der Waals surface area contributed by atoms with E-state index in [1.165, 1.54) is 0 Å². The van der Waals surface area contributed by atoms with Crippen molar-refractivity contribution in [3.05, 3.63) is 29.8 Å². The number of aliphatic hydroxyl groups excluding tert-OH is 1. The second-order valence-corrected chi connectivity index (χ2v) is 6.26. The number of aliphatic hydroxyl groups is 1. The molecule has 0 aromatic heterocycles. The van der Waals surface area contributed by atoms with Crippen LogP contribution in [0.4, 0.5) is 0 Å². The summed E-state index contributed by atoms with van der Waals surface area (Å²) in [7, 11) is 0. The van der Waals surface area contributed by atoms with E-state index in [9.17, 15) is 5.11 Å². The Morgan fingerprint density at radius 1 is 1.33 bits per heavy atom. The molecule has 1 aliphatic heterocycles. The Labute approximate surface area is 128 Å². The predicted octanol–water partition coefficient (Wildman–Crippen LogP) is 2.05. The molecular weight excluding hydrogens is 264 g/mol. The van der Waals surface area contributed by atoms with Crippen LogP contribution < -0.4 is 10.1 Å². The molecule has 1 saturated heterocycles. The minimum Gasteiger partial charge on any atom is -0.493 e. The molecule has 4 heteroatoms. The standard InChI is InChI=1S/C17H28N2O2/c1-13(2)12-21-16-6-4-15(5-7-16)17(11-20)19-9-8-18-10-14(19)3/h4-7,13-14,17-18,20H,8-12H2,1-3H3. The van der Waals surface area contributed by atoms with E-state index in [0.717, 1.165) is 37.6 Å². The van der Waals surface area contributed by atoms with E-state index >= 15 is 0 Å². The number of hydrogen-bond donors (Lipinski definition) is 2. The molecule has 2 atom stereocenters. The van der Waals surface area contributed by atoms with E-state index in [1.54, 1.807) is 0 Å². The Balaban J connectivity index is 2.04. The van der Waals surface area contributed by atoms with Gasteiger partial charge < -0.3 is 15.2 Å². The Hall–Kier alpha value is -1.10. The maximum absolute atomic E-state index is 9.80. The quantitative estimate of drug-likeness (QED) is 0.842. The Kier molecular flexibility index (Phi) is 6.03. The summed E-state index contributed by atoms with van der Waals surface area (Å²) < 4.78 is 5.72. The van der Waals surface area contributed by atoms with Gasteiger partial charge in [0, 0.05) is 25.7 Å². The summed E-state index contributed by atoms with van der Waals surface area (Å²) in [4.78, 5) is 2.38. The third kappa shape index (κ3) is 4.43. The monoisotopic (exact) mass is 292 g/mol. The molecule has 2 N–H and O–H groups in total. The van der Waals surface area contributed by atoms with Crippen molar-refractivity contribution < 1.29 is 9.84 Å². The van der Waals surface area contributed by atoms with Gasteiger partial charge in [-0.1, -0.05) is 26.0 Å². The average Bonchev–Trinajstić information content (AvgIpc) is 2.49. The molecule has 21 heavy (non-hydrogen) atoms. The molecule has 0 spiro atoms. The third-order valence-electron chi connectivity index (χ3n) is 3.97. The van der Waals surface area contributed by atoms with Gasteiger partial charge in [-0.3, -0.25) is 4.90 Å². The average molecular weight is 292 g/mol. The zero-order chi connectivity index (χ0) is 15.2. The first kappa shape index (κ1) is 16.3. The summed E-state index contributed by atoms with van der Waals surface area (Å²) in [6.45, 7) is 10.3. The number of rotatable bonds is 6. The highest BCUT2D eigenvalue weighted by atomic mass is 16.5. The molecule has 1 aromatic rings. The zero-order valence-electron chi connectivity index (χ0n) is 13.4. The van der Waals surface area contributed by atoms with Crippen molar-refractivity contribution in [1.29, 1.82) is 0 Å². The van der Waals surface area contributed by atoms with E-state index in [1.807, 2.05) is 12.1 Å². The third-order valence-corrected chi connectivity index (χ3v) is 3.97. The second-order valence-electron chi connectivity index (χ2n) is 6.26. The molecule has 1 heterocycles. The Morgan fingerprint density at radius 2 is 2.05 bits per heavy atom. The fraction of sp³-hybridized carbons (Fsp3) is 0.647. The van der Waals surface area contributed by atoms with Gasteiger partial charge in [0.1, 0.15) is 5.75 Å². The van der Waals surface area contributed by atoms with Gasteiger partial charge in [-0.05, 0) is 30.5 Å². The molecular formula is C17H28N2O2. The normalized spacial score (nSPS) is 21.5. The molecule has 1 aromatic carbocycles. The van der Waals surface area contributed by atoms with E-state index in [4.69, 9.17) is 4.74 Å². The van der Waals surface area contributed by atoms with Gasteiger partial charge in [-0.15, -0.1) is 0 Å². The van der Waals surface area contributed by atoms with Crippen LogP contribution in [0.3, 0.4) is 0 Å². The Morgan fingerprint density at radius 3 is 2.62 bits per heavy atom. The summed E-state index contributed by atoms with van der Waals surface area (Å²) in [5.41, 5.74) is 1.16. The molecule has 2 rings (SSSR count). The molecule has 1 fully saturated rings. The maximum atomic E-state index is 9.80. The van der Waals surface area contributed by atoms with Gasteiger partial charge >= 0.3 is 0 Å². The molecule has 0 saturated carbocycles. The van der Waals surface area contributed by atoms with Gasteiger partial charge in [0.05, 0.1) is 19.3 Å². The first-order chi connectivity index (χ1) is 10.1. The van der Waals surface area contributed by atoms with Crippen molar-refractivity contribution in [3.8, 4) is 5.75 Å². The maximum Gasteiger partial charge on any atom is 0.119 e. The molecule has 1 aliphatic rings. The highest BCUT2D eigenvalue weighted by molar-refractivity contribution is 5.29. The van der Waals surface area contributed by atoms with E-state index < -0.39 is 0 Å². The van der Waals surface area contributed by atoms with Crippen LogP contribution in [0.25, 0.3) is 0 Å². The van der Waals surface area contributed by atoms with Crippen LogP contribution in [-0.4, -0.2) is 48.9 Å². The lowest BCUT2D eigenvalue weighted by molar-refractivity contribution is 0.0723. The van der Waals surface area contributed by atoms with Crippen LogP contribution in [0.15, 0.2) is 24.3 Å². The molecule has 2 unspecified atom stereocenters. The predicted molar refractivity (Wildman–Crippen MR) is 85.6 cm³/mol. The first-order valence-electron chi connectivity index (χ1n) is 7.92. The number of piperazine rings is 1. The molecule has 0 radical (unpaired) electrons. The van der Waals surface area contributed by atoms with Crippen LogP contribution in [0.1, 0.15) is 32.4 Å². The molecule has 4 nitrogen and oxygen atoms in total. The van der Waals surface area contributed by atoms with Crippen molar-refractivity contribution >= 4 is 0 Å². The van der Waals surface area contributed by atoms with Crippen LogP contribution >= 0.6 is 0 Å². The Bertz CT molecular complexity index is 419. The fourth-order valence-electron chi connectivity index (χ4n) is 2.77. The number of nitrogens with zero attached hydrogens (tertiary/aromatic N) is 1. The van der Waals surface area contributed by atoms with Gasteiger partial charge in [0.25, 0.3) is 0 Å². The van der Waals surface area contributed by atoms with Crippen molar-refractivity contribution in [2.75, 3.05) is 32.8 Å². The van der Waals surface area contributed by atoms with Crippen LogP contribution in [0, 0.1) is 5.92 Å². The zero-order valence-corrected chi connectivity index (χ0v) is 13.4. The molecule has 118 valence electrons. The van der Waals surface area contributed by atoms with Gasteiger partial charge in [0.15, 0.2) is 0 Å². The van der Waals surface area contributed by atoms with Crippen molar-refractivity contribution in [1.82, 2.24) is 10.2 Å². The largest absolute Gasteiger partial charge is 0.493 e. The SMILES string of the molecule is CC(C)COc1ccc(C(CO)N2CCNCC2C)cc1. The smallest absolute Gasteiger partial charge is 0.119 e. The lowest BCUT2D eigenvalue weighted by Crippen LogP contribution is -2.51. The van der Waals surface area contributed by atoms with Gasteiger partial charge in [-0.2, -0.15) is 0 Å². The molecule has 0 aliphatic carbocycles. The minimum absolute atomic E-state index is 0.0706. The number of benzene rings is 1. The van der Waals surface area contributed by atoms with Crippen LogP contribution in [0.2, 0.25) is 0 Å². The summed E-state index contributed by atoms with van der Waals surface area (Å²) in [5.74, 6) is 1.43. The number of ether oxygens (including phenoxy) is 1. The summed E-state index contributed by atoms with van der Waals surface area (Å²) >= 11 is 0. The van der Waals surface area contributed by atoms with Gasteiger partial charge in [0.2, 0.25) is 0 Å². The lowest BCUT2D eigenvalue weighted by Gasteiger charge is -2.39. The number of nitrogens with one attached hydrogen (secondary N) is 1. The lowest BCUT2D eigenvalue weighted by atomic mass is 10.0. The van der Waals surface area contributed by atoms with Crippen molar-refractivity contribution in [2.45, 2.75) is 32.9 Å². The highest BCUT2D eigenvalue weighted by Crippen LogP contribution is 2.25. The van der Waals surface area contributed by atoms with E-state index in [2.05, 4.69) is 43.1 Å². The summed E-state index contributed by atoms with van der Waals surface area (Å²) in [6.07, 6.45) is 0. The van der Waals surface area contributed by atoms with Gasteiger partial charge in [-0.25, -0.2) is 0 Å². The van der Waals surface area contributed by atoms with E-state index in [-0.39, 0.29) is 12.6 Å². The molecule has 0 bridgehead atoms. The van der Waals surface area contributed by atoms with Crippen molar-refractivity contribution in [2.24, 2.45) is 5.92 Å². The topological polar surface area (TPSA) is 44.7 Å². The van der Waals surface area contributed by atoms with Crippen molar-refractivity contribution in [3.63, 3.8) is 0 Å². The fourth-order valence-corrected chi connectivity index (χ4v) is 2.77. The minimum atomic E-state index is 0.0706. The van der Waals surface area contributed by atoms with Crippen LogP contribution in [-0.2, 0) is 0 Å². The number of hydrogen-bond acceptors (Lipinski definition) is 4.